The summed E-state index contributed by atoms with van der Waals surface area (Å²) in [4.78, 5) is 13.2. The Morgan fingerprint density at radius 3 is 2.18 bits per heavy atom. The highest BCUT2D eigenvalue weighted by atomic mass is 19.3. The summed E-state index contributed by atoms with van der Waals surface area (Å²) in [5.41, 5.74) is 0.945. The van der Waals surface area contributed by atoms with Crippen LogP contribution in [0.5, 0.6) is 0 Å². The number of halogens is 2. The third-order valence-electron chi connectivity index (χ3n) is 4.80. The molecule has 28 heavy (non-hydrogen) atoms. The lowest BCUT2D eigenvalue weighted by Crippen LogP contribution is -2.38. The second-order valence-corrected chi connectivity index (χ2v) is 6.67. The second kappa shape index (κ2) is 8.66. The predicted molar refractivity (Wildman–Crippen MR) is 103 cm³/mol. The van der Waals surface area contributed by atoms with E-state index in [2.05, 4.69) is 26.2 Å². The van der Waals surface area contributed by atoms with E-state index in [0.717, 1.165) is 37.7 Å². The lowest BCUT2D eigenvalue weighted by Gasteiger charge is -2.32. The number of alkyl halides is 2. The molecule has 2 aliphatic rings. The zero-order chi connectivity index (χ0) is 19.3. The van der Waals surface area contributed by atoms with E-state index >= 15 is 0 Å². The molecule has 2 aliphatic heterocycles. The van der Waals surface area contributed by atoms with Crippen LogP contribution in [0.3, 0.4) is 0 Å². The Balaban J connectivity index is 1.60. The van der Waals surface area contributed by atoms with Crippen LogP contribution in [0.4, 0.5) is 31.9 Å². The summed E-state index contributed by atoms with van der Waals surface area (Å²) in [5, 5.41) is 3.15. The SMILES string of the molecule is FC(F)c1ccc(Nc2cc(N3CCOCC3)cc(N3CCOCC3)n2)nc1. The smallest absolute Gasteiger partial charge is 0.265 e. The van der Waals surface area contributed by atoms with E-state index in [1.54, 1.807) is 6.07 Å². The largest absolute Gasteiger partial charge is 0.378 e. The third kappa shape index (κ3) is 4.48. The number of anilines is 4. The van der Waals surface area contributed by atoms with E-state index < -0.39 is 6.43 Å². The molecule has 0 unspecified atom stereocenters. The third-order valence-corrected chi connectivity index (χ3v) is 4.80. The Morgan fingerprint density at radius 1 is 0.893 bits per heavy atom. The molecule has 0 saturated carbocycles. The predicted octanol–water partition coefficient (Wildman–Crippen LogP) is 2.83. The summed E-state index contributed by atoms with van der Waals surface area (Å²) >= 11 is 0. The first-order valence-electron chi connectivity index (χ1n) is 9.38. The van der Waals surface area contributed by atoms with Gasteiger partial charge >= 0.3 is 0 Å². The standard InChI is InChI=1S/C19H23F2N5O2/c20-19(21)14-1-2-16(22-13-14)23-17-11-15(25-3-7-27-8-4-25)12-18(24-17)26-5-9-28-10-6-26/h1-2,11-13,19H,3-10H2,(H,22,23,24). The Kier molecular flexibility index (Phi) is 5.82. The van der Waals surface area contributed by atoms with Gasteiger partial charge in [0.1, 0.15) is 17.5 Å². The molecule has 0 aromatic carbocycles. The maximum absolute atomic E-state index is 12.7. The highest BCUT2D eigenvalue weighted by Crippen LogP contribution is 2.28. The monoisotopic (exact) mass is 391 g/mol. The van der Waals surface area contributed by atoms with Gasteiger partial charge in [-0.2, -0.15) is 0 Å². The molecule has 0 bridgehead atoms. The van der Waals surface area contributed by atoms with Crippen molar-refractivity contribution in [2.24, 2.45) is 0 Å². The van der Waals surface area contributed by atoms with E-state index in [-0.39, 0.29) is 5.56 Å². The second-order valence-electron chi connectivity index (χ2n) is 6.67. The summed E-state index contributed by atoms with van der Waals surface area (Å²) in [6, 6.07) is 6.95. The molecule has 150 valence electrons. The highest BCUT2D eigenvalue weighted by Gasteiger charge is 2.18. The average molecular weight is 391 g/mol. The number of ether oxygens (including phenoxy) is 2. The summed E-state index contributed by atoms with van der Waals surface area (Å²) in [7, 11) is 0. The van der Waals surface area contributed by atoms with Crippen LogP contribution >= 0.6 is 0 Å². The van der Waals surface area contributed by atoms with E-state index in [9.17, 15) is 8.78 Å². The number of hydrogen-bond donors (Lipinski definition) is 1. The van der Waals surface area contributed by atoms with Crippen LogP contribution in [0, 0.1) is 0 Å². The van der Waals surface area contributed by atoms with Gasteiger partial charge in [-0.05, 0) is 12.1 Å². The lowest BCUT2D eigenvalue weighted by atomic mass is 10.2. The van der Waals surface area contributed by atoms with Gasteiger partial charge in [0.2, 0.25) is 0 Å². The normalized spacial score (nSPS) is 17.8. The van der Waals surface area contributed by atoms with Gasteiger partial charge in [-0.3, -0.25) is 0 Å². The van der Waals surface area contributed by atoms with Crippen molar-refractivity contribution < 1.29 is 18.3 Å². The van der Waals surface area contributed by atoms with Crippen molar-refractivity contribution in [3.05, 3.63) is 36.0 Å². The number of hydrogen-bond acceptors (Lipinski definition) is 7. The van der Waals surface area contributed by atoms with Gasteiger partial charge in [0, 0.05) is 55.8 Å². The van der Waals surface area contributed by atoms with Crippen molar-refractivity contribution in [2.75, 3.05) is 67.7 Å². The first kappa shape index (κ1) is 18.8. The molecule has 9 heteroatoms. The van der Waals surface area contributed by atoms with Crippen molar-refractivity contribution in [3.63, 3.8) is 0 Å². The topological polar surface area (TPSA) is 62.8 Å². The minimum absolute atomic E-state index is 0.102. The van der Waals surface area contributed by atoms with E-state index in [1.807, 2.05) is 6.07 Å². The van der Waals surface area contributed by atoms with Crippen LogP contribution in [-0.4, -0.2) is 62.6 Å². The van der Waals surface area contributed by atoms with Crippen LogP contribution in [0.15, 0.2) is 30.5 Å². The Hall–Kier alpha value is -2.52. The molecule has 0 radical (unpaired) electrons. The molecular formula is C19H23F2N5O2. The number of aromatic nitrogens is 2. The molecule has 2 aromatic rings. The Labute approximate surface area is 162 Å². The molecular weight excluding hydrogens is 368 g/mol. The summed E-state index contributed by atoms with van der Waals surface area (Å²) in [5.74, 6) is 1.96. The van der Waals surface area contributed by atoms with Gasteiger partial charge < -0.3 is 24.6 Å². The molecule has 0 spiro atoms. The van der Waals surface area contributed by atoms with Crippen LogP contribution in [0.1, 0.15) is 12.0 Å². The molecule has 2 fully saturated rings. The molecule has 7 nitrogen and oxygen atoms in total. The minimum Gasteiger partial charge on any atom is -0.378 e. The van der Waals surface area contributed by atoms with Crippen LogP contribution in [0.25, 0.3) is 0 Å². The van der Waals surface area contributed by atoms with Crippen LogP contribution in [0.2, 0.25) is 0 Å². The zero-order valence-electron chi connectivity index (χ0n) is 15.5. The molecule has 0 amide bonds. The van der Waals surface area contributed by atoms with E-state index in [0.29, 0.717) is 38.1 Å². The summed E-state index contributed by atoms with van der Waals surface area (Å²) in [6.07, 6.45) is -1.35. The molecule has 2 saturated heterocycles. The van der Waals surface area contributed by atoms with E-state index in [4.69, 9.17) is 14.5 Å². The number of pyridine rings is 2. The van der Waals surface area contributed by atoms with Gasteiger partial charge in [0.25, 0.3) is 6.43 Å². The lowest BCUT2D eigenvalue weighted by molar-refractivity contribution is 0.122. The zero-order valence-corrected chi connectivity index (χ0v) is 15.5. The first-order valence-corrected chi connectivity index (χ1v) is 9.38. The fraction of sp³-hybridized carbons (Fsp3) is 0.474. The van der Waals surface area contributed by atoms with Crippen molar-refractivity contribution in [2.45, 2.75) is 6.43 Å². The Bertz CT molecular complexity index is 742. The minimum atomic E-state index is -2.53. The van der Waals surface area contributed by atoms with Crippen molar-refractivity contribution >= 4 is 23.1 Å². The van der Waals surface area contributed by atoms with Gasteiger partial charge in [0.05, 0.1) is 26.4 Å². The van der Waals surface area contributed by atoms with E-state index in [1.165, 1.54) is 12.3 Å². The first-order chi connectivity index (χ1) is 13.7. The number of nitrogens with zero attached hydrogens (tertiary/aromatic N) is 4. The number of morpholine rings is 2. The summed E-state index contributed by atoms with van der Waals surface area (Å²) in [6.45, 7) is 5.90. The van der Waals surface area contributed by atoms with Crippen LogP contribution in [-0.2, 0) is 9.47 Å². The Morgan fingerprint density at radius 2 is 1.57 bits per heavy atom. The van der Waals surface area contributed by atoms with Crippen molar-refractivity contribution in [3.8, 4) is 0 Å². The molecule has 0 atom stereocenters. The van der Waals surface area contributed by atoms with Crippen LogP contribution < -0.4 is 15.1 Å². The summed E-state index contributed by atoms with van der Waals surface area (Å²) < 4.78 is 36.4. The number of rotatable bonds is 5. The number of nitrogens with one attached hydrogen (secondary N) is 1. The van der Waals surface area contributed by atoms with Crippen molar-refractivity contribution in [1.29, 1.82) is 0 Å². The van der Waals surface area contributed by atoms with Gasteiger partial charge in [-0.1, -0.05) is 0 Å². The molecule has 4 rings (SSSR count). The maximum atomic E-state index is 12.7. The quantitative estimate of drug-likeness (QED) is 0.841. The van der Waals surface area contributed by atoms with Gasteiger partial charge in [0.15, 0.2) is 0 Å². The molecule has 1 N–H and O–H groups in total. The van der Waals surface area contributed by atoms with Gasteiger partial charge in [-0.15, -0.1) is 0 Å². The fourth-order valence-electron chi connectivity index (χ4n) is 3.26. The maximum Gasteiger partial charge on any atom is 0.265 e. The average Bonchev–Trinajstić information content (AvgIpc) is 2.75. The molecule has 4 heterocycles. The highest BCUT2D eigenvalue weighted by molar-refractivity contribution is 5.65. The fourth-order valence-corrected chi connectivity index (χ4v) is 3.26. The van der Waals surface area contributed by atoms with Gasteiger partial charge in [-0.25, -0.2) is 18.7 Å². The van der Waals surface area contributed by atoms with Crippen molar-refractivity contribution in [1.82, 2.24) is 9.97 Å². The molecule has 0 aliphatic carbocycles. The molecule has 2 aromatic heterocycles.